The molecule has 1 spiro atoms. The minimum absolute atomic E-state index is 0.112. The average molecular weight is 476 g/mol. The van der Waals surface area contributed by atoms with E-state index in [1.807, 2.05) is 0 Å². The van der Waals surface area contributed by atoms with E-state index in [-0.39, 0.29) is 5.92 Å². The summed E-state index contributed by atoms with van der Waals surface area (Å²) in [5.41, 5.74) is 2.03. The number of likely N-dealkylation sites (tertiary alicyclic amines) is 1. The molecular weight excluding hydrogens is 434 g/mol. The second-order valence-corrected chi connectivity index (χ2v) is 12.3. The summed E-state index contributed by atoms with van der Waals surface area (Å²) < 4.78 is 6.43. The van der Waals surface area contributed by atoms with Gasteiger partial charge in [-0.2, -0.15) is 0 Å². The van der Waals surface area contributed by atoms with Gasteiger partial charge < -0.3 is 9.84 Å². The summed E-state index contributed by atoms with van der Waals surface area (Å²) >= 11 is 0. The number of carboxylic acid groups (broad SMARTS) is 1. The molecule has 2 atom stereocenters. The van der Waals surface area contributed by atoms with Crippen LogP contribution in [0.1, 0.15) is 82.6 Å². The highest BCUT2D eigenvalue weighted by molar-refractivity contribution is 5.84. The zero-order valence-electron chi connectivity index (χ0n) is 21.1. The first kappa shape index (κ1) is 23.3. The van der Waals surface area contributed by atoms with Crippen LogP contribution in [-0.2, 0) is 11.3 Å². The number of fused-ring (bicyclic) bond motifs is 1. The molecule has 188 valence electrons. The fourth-order valence-corrected chi connectivity index (χ4v) is 7.76. The van der Waals surface area contributed by atoms with Gasteiger partial charge >= 0.3 is 5.97 Å². The zero-order chi connectivity index (χ0) is 23.8. The maximum atomic E-state index is 11.4. The number of aliphatic carboxylic acids is 1. The van der Waals surface area contributed by atoms with Gasteiger partial charge in [-0.15, -0.1) is 0 Å². The van der Waals surface area contributed by atoms with Gasteiger partial charge in [0, 0.05) is 19.6 Å². The molecule has 6 rings (SSSR count). The van der Waals surface area contributed by atoms with E-state index in [1.54, 1.807) is 0 Å². The highest BCUT2D eigenvalue weighted by Gasteiger charge is 2.39. The molecule has 4 aliphatic rings. The van der Waals surface area contributed by atoms with E-state index in [9.17, 15) is 9.90 Å². The van der Waals surface area contributed by atoms with Crippen molar-refractivity contribution in [2.45, 2.75) is 89.7 Å². The molecule has 3 saturated carbocycles. The molecule has 4 heteroatoms. The number of ether oxygens (including phenoxy) is 1. The standard InChI is InChI=1S/C31H41NO3/c33-30(34)26-5-3-4-23(17-26)27-20-32(21-27)19-22-6-7-25-18-29(9-8-24(25)16-22)35-28-10-14-31(15-11-28)12-1-2-13-31/h6-9,16,18,23,26-28H,1-5,10-15,17,19-21H2,(H,33,34)/t23-,26+/m1/s1. The summed E-state index contributed by atoms with van der Waals surface area (Å²) in [7, 11) is 0. The molecule has 1 N–H and O–H groups in total. The highest BCUT2D eigenvalue weighted by Crippen LogP contribution is 2.49. The van der Waals surface area contributed by atoms with Gasteiger partial charge in [0.15, 0.2) is 0 Å². The number of hydrogen-bond acceptors (Lipinski definition) is 3. The summed E-state index contributed by atoms with van der Waals surface area (Å²) in [6, 6.07) is 13.5. The third-order valence-corrected chi connectivity index (χ3v) is 9.96. The van der Waals surface area contributed by atoms with E-state index in [1.165, 1.54) is 74.1 Å². The van der Waals surface area contributed by atoms with Crippen molar-refractivity contribution < 1.29 is 14.6 Å². The number of rotatable bonds is 6. The quantitative estimate of drug-likeness (QED) is 0.487. The van der Waals surface area contributed by atoms with Crippen LogP contribution in [0.2, 0.25) is 0 Å². The molecule has 0 amide bonds. The Morgan fingerprint density at radius 2 is 1.63 bits per heavy atom. The van der Waals surface area contributed by atoms with Crippen LogP contribution in [-0.4, -0.2) is 35.2 Å². The molecule has 4 fully saturated rings. The molecule has 0 bridgehead atoms. The second-order valence-electron chi connectivity index (χ2n) is 12.3. The molecule has 2 aromatic carbocycles. The third kappa shape index (κ3) is 5.09. The summed E-state index contributed by atoms with van der Waals surface area (Å²) in [6.07, 6.45) is 15.3. The molecule has 0 aromatic heterocycles. The van der Waals surface area contributed by atoms with Crippen molar-refractivity contribution in [3.8, 4) is 5.75 Å². The number of carbonyl (C=O) groups is 1. The Morgan fingerprint density at radius 1 is 0.886 bits per heavy atom. The molecule has 1 heterocycles. The van der Waals surface area contributed by atoms with Crippen LogP contribution in [0.15, 0.2) is 36.4 Å². The lowest BCUT2D eigenvalue weighted by Gasteiger charge is -2.45. The smallest absolute Gasteiger partial charge is 0.306 e. The van der Waals surface area contributed by atoms with E-state index in [0.29, 0.717) is 23.4 Å². The summed E-state index contributed by atoms with van der Waals surface area (Å²) in [6.45, 7) is 3.22. The SMILES string of the molecule is O=C(O)[C@H]1CCC[C@@H](C2CN(Cc3ccc4cc(OC5CCC6(CCCC6)CC5)ccc4c3)C2)C1. The van der Waals surface area contributed by atoms with Gasteiger partial charge in [0.25, 0.3) is 0 Å². The molecule has 0 unspecified atom stereocenters. The Balaban J connectivity index is 1.01. The van der Waals surface area contributed by atoms with Crippen molar-refractivity contribution in [3.63, 3.8) is 0 Å². The van der Waals surface area contributed by atoms with Crippen LogP contribution in [0.5, 0.6) is 5.75 Å². The van der Waals surface area contributed by atoms with Gasteiger partial charge in [-0.05, 0) is 103 Å². The van der Waals surface area contributed by atoms with E-state index in [4.69, 9.17) is 4.74 Å². The van der Waals surface area contributed by atoms with Gasteiger partial charge in [-0.25, -0.2) is 0 Å². The summed E-state index contributed by atoms with van der Waals surface area (Å²) in [5, 5.41) is 11.9. The number of hydrogen-bond donors (Lipinski definition) is 1. The van der Waals surface area contributed by atoms with Crippen LogP contribution in [0, 0.1) is 23.2 Å². The Kier molecular flexibility index (Phi) is 6.51. The highest BCUT2D eigenvalue weighted by atomic mass is 16.5. The van der Waals surface area contributed by atoms with Crippen molar-refractivity contribution in [2.24, 2.45) is 23.2 Å². The first-order valence-electron chi connectivity index (χ1n) is 14.2. The Hall–Kier alpha value is -2.07. The van der Waals surface area contributed by atoms with Gasteiger partial charge in [0.05, 0.1) is 12.0 Å². The summed E-state index contributed by atoms with van der Waals surface area (Å²) in [4.78, 5) is 13.9. The molecule has 35 heavy (non-hydrogen) atoms. The molecule has 3 aliphatic carbocycles. The van der Waals surface area contributed by atoms with E-state index in [0.717, 1.165) is 44.6 Å². The molecule has 1 saturated heterocycles. The Morgan fingerprint density at radius 3 is 2.40 bits per heavy atom. The van der Waals surface area contributed by atoms with Crippen molar-refractivity contribution in [1.29, 1.82) is 0 Å². The maximum Gasteiger partial charge on any atom is 0.306 e. The Labute approximate surface area is 210 Å². The van der Waals surface area contributed by atoms with E-state index in [2.05, 4.69) is 41.3 Å². The predicted octanol–water partition coefficient (Wildman–Crippen LogP) is 7.04. The number of carboxylic acids is 1. The van der Waals surface area contributed by atoms with Crippen LogP contribution < -0.4 is 4.74 Å². The Bertz CT molecular complexity index is 1040. The van der Waals surface area contributed by atoms with Crippen molar-refractivity contribution in [2.75, 3.05) is 13.1 Å². The first-order valence-corrected chi connectivity index (χ1v) is 14.2. The van der Waals surface area contributed by atoms with Gasteiger partial charge in [-0.1, -0.05) is 43.9 Å². The molecule has 1 aliphatic heterocycles. The predicted molar refractivity (Wildman–Crippen MR) is 140 cm³/mol. The van der Waals surface area contributed by atoms with Crippen molar-refractivity contribution in [3.05, 3.63) is 42.0 Å². The number of nitrogens with zero attached hydrogens (tertiary/aromatic N) is 1. The third-order valence-electron chi connectivity index (χ3n) is 9.96. The zero-order valence-corrected chi connectivity index (χ0v) is 21.1. The first-order chi connectivity index (χ1) is 17.1. The van der Waals surface area contributed by atoms with E-state index >= 15 is 0 Å². The normalized spacial score (nSPS) is 27.8. The number of benzene rings is 2. The van der Waals surface area contributed by atoms with Gasteiger partial charge in [0.2, 0.25) is 0 Å². The topological polar surface area (TPSA) is 49.8 Å². The average Bonchev–Trinajstić information content (AvgIpc) is 3.31. The minimum atomic E-state index is -0.591. The van der Waals surface area contributed by atoms with Crippen molar-refractivity contribution >= 4 is 16.7 Å². The maximum absolute atomic E-state index is 11.4. The van der Waals surface area contributed by atoms with Crippen molar-refractivity contribution in [1.82, 2.24) is 4.90 Å². The fourth-order valence-electron chi connectivity index (χ4n) is 7.76. The van der Waals surface area contributed by atoms with Crippen LogP contribution in [0.3, 0.4) is 0 Å². The van der Waals surface area contributed by atoms with Gasteiger partial charge in [0.1, 0.15) is 5.75 Å². The largest absolute Gasteiger partial charge is 0.490 e. The van der Waals surface area contributed by atoms with Crippen LogP contribution in [0.25, 0.3) is 10.8 Å². The molecule has 4 nitrogen and oxygen atoms in total. The molecule has 2 aromatic rings. The lowest BCUT2D eigenvalue weighted by Crippen LogP contribution is -2.50. The molecule has 0 radical (unpaired) electrons. The fraction of sp³-hybridized carbons (Fsp3) is 0.645. The van der Waals surface area contributed by atoms with Crippen LogP contribution >= 0.6 is 0 Å². The monoisotopic (exact) mass is 475 g/mol. The lowest BCUT2D eigenvalue weighted by molar-refractivity contribution is -0.144. The van der Waals surface area contributed by atoms with E-state index < -0.39 is 5.97 Å². The minimum Gasteiger partial charge on any atom is -0.490 e. The van der Waals surface area contributed by atoms with Gasteiger partial charge in [-0.3, -0.25) is 9.69 Å². The van der Waals surface area contributed by atoms with Crippen LogP contribution in [0.4, 0.5) is 0 Å². The lowest BCUT2D eigenvalue weighted by atomic mass is 9.72. The summed E-state index contributed by atoms with van der Waals surface area (Å²) in [5.74, 6) is 1.60. The molecular formula is C31H41NO3. The second kappa shape index (κ2) is 9.76.